The van der Waals surface area contributed by atoms with E-state index in [4.69, 9.17) is 23.7 Å². The number of carbonyl (C=O) groups excluding carboxylic acids is 4. The van der Waals surface area contributed by atoms with Crippen molar-refractivity contribution in [2.75, 3.05) is 26.4 Å². The number of esters is 2. The van der Waals surface area contributed by atoms with Crippen LogP contribution in [0.1, 0.15) is 185 Å². The van der Waals surface area contributed by atoms with Gasteiger partial charge in [-0.1, -0.05) is 57.7 Å². The van der Waals surface area contributed by atoms with Crippen LogP contribution in [0, 0.1) is 5.92 Å². The van der Waals surface area contributed by atoms with Crippen molar-refractivity contribution in [2.24, 2.45) is 5.92 Å². The topological polar surface area (TPSA) is 114 Å². The highest BCUT2D eigenvalue weighted by Gasteiger charge is 2.29. The summed E-state index contributed by atoms with van der Waals surface area (Å²) < 4.78 is 28.6. The maximum absolute atomic E-state index is 12.8. The van der Waals surface area contributed by atoms with E-state index in [0.29, 0.717) is 80.7 Å². The van der Waals surface area contributed by atoms with Gasteiger partial charge >= 0.3 is 11.9 Å². The number of Topliss-reactive ketones (excluding diaryl/α,β-unsaturated/α-hetero) is 2. The average molecular weight is 833 g/mol. The van der Waals surface area contributed by atoms with Crippen LogP contribution in [0.4, 0.5) is 0 Å². The monoisotopic (exact) mass is 833 g/mol. The van der Waals surface area contributed by atoms with E-state index < -0.39 is 11.2 Å². The minimum absolute atomic E-state index is 0.0527. The van der Waals surface area contributed by atoms with E-state index in [2.05, 4.69) is 25.6 Å². The van der Waals surface area contributed by atoms with Crippen LogP contribution in [0.2, 0.25) is 0 Å². The number of benzene rings is 2. The molecule has 0 atom stereocenters. The molecular formula is C51H76O9. The molecule has 0 bridgehead atoms. The first-order valence-electron chi connectivity index (χ1n) is 22.9. The number of ether oxygens (including phenoxy) is 5. The Morgan fingerprint density at radius 1 is 0.633 bits per heavy atom. The van der Waals surface area contributed by atoms with Gasteiger partial charge in [0.25, 0.3) is 0 Å². The van der Waals surface area contributed by atoms with E-state index in [1.54, 1.807) is 58.9 Å². The van der Waals surface area contributed by atoms with E-state index >= 15 is 0 Å². The predicted molar refractivity (Wildman–Crippen MR) is 239 cm³/mol. The van der Waals surface area contributed by atoms with Crippen molar-refractivity contribution in [1.29, 1.82) is 0 Å². The summed E-state index contributed by atoms with van der Waals surface area (Å²) >= 11 is 0. The van der Waals surface area contributed by atoms with E-state index in [1.807, 2.05) is 12.1 Å². The van der Waals surface area contributed by atoms with Crippen LogP contribution in [-0.4, -0.2) is 61.1 Å². The highest BCUT2D eigenvalue weighted by atomic mass is 16.5. The molecule has 0 aromatic heterocycles. The first kappa shape index (κ1) is 50.5. The lowest BCUT2D eigenvalue weighted by Gasteiger charge is -2.29. The maximum atomic E-state index is 12.8. The Kier molecular flexibility index (Phi) is 22.9. The number of unbranched alkanes of at least 4 members (excludes halogenated alkanes) is 8. The van der Waals surface area contributed by atoms with Gasteiger partial charge in [0.2, 0.25) is 0 Å². The lowest BCUT2D eigenvalue weighted by molar-refractivity contribution is -0.145. The summed E-state index contributed by atoms with van der Waals surface area (Å²) in [7, 11) is 0. The molecule has 0 radical (unpaired) electrons. The Bertz CT molecular complexity index is 1580. The molecule has 1 aliphatic carbocycles. The first-order chi connectivity index (χ1) is 28.7. The number of rotatable bonds is 31. The lowest BCUT2D eigenvalue weighted by atomic mass is 9.77. The normalized spacial score (nSPS) is 15.6. The molecule has 0 aliphatic heterocycles. The Morgan fingerprint density at radius 2 is 1.20 bits per heavy atom. The largest absolute Gasteiger partial charge is 0.494 e. The fourth-order valence-corrected chi connectivity index (χ4v) is 7.69. The Morgan fingerprint density at radius 3 is 1.85 bits per heavy atom. The van der Waals surface area contributed by atoms with E-state index in [-0.39, 0.29) is 23.5 Å². The Hall–Kier alpha value is -3.82. The smallest absolute Gasteiger partial charge is 0.343 e. The van der Waals surface area contributed by atoms with Crippen molar-refractivity contribution in [2.45, 2.75) is 181 Å². The molecular weight excluding hydrogens is 757 g/mol. The highest BCUT2D eigenvalue weighted by Crippen LogP contribution is 2.38. The van der Waals surface area contributed by atoms with Crippen LogP contribution in [0.15, 0.2) is 60.7 Å². The molecule has 0 spiro atoms. The zero-order valence-electron chi connectivity index (χ0n) is 37.9. The third kappa shape index (κ3) is 19.3. The van der Waals surface area contributed by atoms with Gasteiger partial charge in [0.05, 0.1) is 18.8 Å². The van der Waals surface area contributed by atoms with Gasteiger partial charge in [-0.2, -0.15) is 0 Å². The minimum Gasteiger partial charge on any atom is -0.494 e. The summed E-state index contributed by atoms with van der Waals surface area (Å²) in [5.74, 6) is 2.12. The Labute approximate surface area is 361 Å². The second-order valence-electron chi connectivity index (χ2n) is 17.7. The standard InChI is InChI=1S/C51H76O9/c1-8-9-13-20-40-23-25-41(26-24-40)42-27-33-45(34-28-42)60-49(55)43-29-31-44(32-30-43)56-35-16-10-11-17-36-57-47(53)22-15-19-38-58-50(4,5)46(52)21-14-12-18-37-59-51(6,7)48(54)39(2)3/h27-34,40-41H,2,8-26,35-38H2,1,3-7H3. The molecule has 1 aliphatic rings. The predicted octanol–water partition coefficient (Wildman–Crippen LogP) is 12.3. The average Bonchev–Trinajstić information content (AvgIpc) is 3.23. The van der Waals surface area contributed by atoms with Crippen LogP contribution in [0.3, 0.4) is 0 Å². The van der Waals surface area contributed by atoms with Crippen molar-refractivity contribution in [3.05, 3.63) is 71.8 Å². The zero-order chi connectivity index (χ0) is 43.8. The van der Waals surface area contributed by atoms with Gasteiger partial charge in [-0.25, -0.2) is 4.79 Å². The van der Waals surface area contributed by atoms with Crippen molar-refractivity contribution in [3.8, 4) is 11.5 Å². The summed E-state index contributed by atoms with van der Waals surface area (Å²) in [5.41, 5.74) is 0.544. The van der Waals surface area contributed by atoms with E-state index in [1.165, 1.54) is 56.9 Å². The summed E-state index contributed by atoms with van der Waals surface area (Å²) in [4.78, 5) is 49.8. The number of ketones is 2. The van der Waals surface area contributed by atoms with Crippen molar-refractivity contribution < 1.29 is 42.9 Å². The molecule has 3 rings (SSSR count). The molecule has 0 unspecified atom stereocenters. The molecule has 1 saturated carbocycles. The molecule has 2 aromatic rings. The van der Waals surface area contributed by atoms with Crippen LogP contribution in [0.5, 0.6) is 11.5 Å². The second-order valence-corrected chi connectivity index (χ2v) is 17.7. The maximum Gasteiger partial charge on any atom is 0.343 e. The lowest BCUT2D eigenvalue weighted by Crippen LogP contribution is -2.36. The summed E-state index contributed by atoms with van der Waals surface area (Å²) in [6.45, 7) is 16.6. The molecule has 0 amide bonds. The van der Waals surface area contributed by atoms with Gasteiger partial charge < -0.3 is 23.7 Å². The molecule has 0 heterocycles. The van der Waals surface area contributed by atoms with Crippen LogP contribution in [-0.2, 0) is 28.6 Å². The van der Waals surface area contributed by atoms with Gasteiger partial charge in [0.1, 0.15) is 22.7 Å². The van der Waals surface area contributed by atoms with Crippen LogP contribution in [0.25, 0.3) is 0 Å². The zero-order valence-corrected chi connectivity index (χ0v) is 37.9. The molecule has 9 heteroatoms. The molecule has 0 saturated heterocycles. The van der Waals surface area contributed by atoms with Gasteiger partial charge in [0.15, 0.2) is 11.6 Å². The van der Waals surface area contributed by atoms with Gasteiger partial charge in [-0.05, 0) is 171 Å². The van der Waals surface area contributed by atoms with Crippen LogP contribution >= 0.6 is 0 Å². The minimum atomic E-state index is -0.883. The fourth-order valence-electron chi connectivity index (χ4n) is 7.69. The van der Waals surface area contributed by atoms with Crippen LogP contribution < -0.4 is 9.47 Å². The molecule has 2 aromatic carbocycles. The van der Waals surface area contributed by atoms with Gasteiger partial charge in [0, 0.05) is 26.1 Å². The van der Waals surface area contributed by atoms with Crippen molar-refractivity contribution in [3.63, 3.8) is 0 Å². The quantitative estimate of drug-likeness (QED) is 0.0317. The fraction of sp³-hybridized carbons (Fsp3) is 0.647. The first-order valence-corrected chi connectivity index (χ1v) is 22.9. The van der Waals surface area contributed by atoms with E-state index in [9.17, 15) is 19.2 Å². The third-order valence-corrected chi connectivity index (χ3v) is 11.6. The van der Waals surface area contributed by atoms with Gasteiger partial charge in [-0.3, -0.25) is 14.4 Å². The summed E-state index contributed by atoms with van der Waals surface area (Å²) in [6, 6.07) is 15.1. The summed E-state index contributed by atoms with van der Waals surface area (Å²) in [5, 5.41) is 0. The molecule has 60 heavy (non-hydrogen) atoms. The second kappa shape index (κ2) is 27.2. The van der Waals surface area contributed by atoms with Gasteiger partial charge in [-0.15, -0.1) is 0 Å². The number of hydrogen-bond donors (Lipinski definition) is 0. The number of carbonyl (C=O) groups is 4. The van der Waals surface area contributed by atoms with Crippen molar-refractivity contribution in [1.82, 2.24) is 0 Å². The molecule has 9 nitrogen and oxygen atoms in total. The van der Waals surface area contributed by atoms with E-state index in [0.717, 1.165) is 50.9 Å². The third-order valence-electron chi connectivity index (χ3n) is 11.6. The highest BCUT2D eigenvalue weighted by molar-refractivity contribution is 6.00. The SMILES string of the molecule is C=C(C)C(=O)C(C)(C)OCCCCCC(=O)C(C)(C)OCCCCC(=O)OCCCCCCOc1ccc(C(=O)Oc2ccc(C3CCC(CCCCC)CC3)cc2)cc1. The molecule has 334 valence electrons. The Balaban J connectivity index is 1.16. The molecule has 0 N–H and O–H groups in total. The molecule has 1 fully saturated rings. The summed E-state index contributed by atoms with van der Waals surface area (Å²) in [6.07, 6.45) is 18.4. The van der Waals surface area contributed by atoms with Crippen molar-refractivity contribution >= 4 is 23.5 Å². The number of hydrogen-bond acceptors (Lipinski definition) is 9.